The maximum Gasteiger partial charge on any atom is 0.148 e. The molecule has 0 spiro atoms. The maximum atomic E-state index is 5.82. The van der Waals surface area contributed by atoms with Crippen molar-refractivity contribution in [2.75, 3.05) is 20.0 Å². The van der Waals surface area contributed by atoms with E-state index >= 15 is 0 Å². The van der Waals surface area contributed by atoms with E-state index in [1.807, 2.05) is 19.9 Å². The zero-order valence-electron chi connectivity index (χ0n) is 8.47. The smallest absolute Gasteiger partial charge is 0.148 e. The average molecular weight is 181 g/mol. The minimum Gasteiger partial charge on any atom is -0.494 e. The average Bonchev–Trinajstić information content (AvgIpc) is 2.12. The summed E-state index contributed by atoms with van der Waals surface area (Å²) in [7, 11) is 3.21. The predicted octanol–water partition coefficient (Wildman–Crippen LogP) is 1.90. The molecule has 2 N–H and O–H groups in total. The number of hydrogen-bond acceptors (Lipinski definition) is 3. The summed E-state index contributed by atoms with van der Waals surface area (Å²) in [6.07, 6.45) is 0. The lowest BCUT2D eigenvalue weighted by Crippen LogP contribution is -2.00. The molecule has 1 aromatic carbocycles. The van der Waals surface area contributed by atoms with Gasteiger partial charge in [0, 0.05) is 0 Å². The highest BCUT2D eigenvalue weighted by atomic mass is 16.5. The summed E-state index contributed by atoms with van der Waals surface area (Å²) < 4.78 is 10.3. The van der Waals surface area contributed by atoms with Crippen LogP contribution in [-0.4, -0.2) is 14.2 Å². The van der Waals surface area contributed by atoms with Gasteiger partial charge in [0.2, 0.25) is 0 Å². The molecule has 0 atom stereocenters. The number of nitrogens with two attached hydrogens (primary N) is 1. The van der Waals surface area contributed by atoms with Gasteiger partial charge in [0.1, 0.15) is 17.2 Å². The number of rotatable bonds is 2. The van der Waals surface area contributed by atoms with E-state index in [2.05, 4.69) is 0 Å². The highest BCUT2D eigenvalue weighted by Gasteiger charge is 2.11. The number of benzene rings is 1. The molecule has 72 valence electrons. The third-order valence-corrected chi connectivity index (χ3v) is 2.21. The summed E-state index contributed by atoms with van der Waals surface area (Å²) in [4.78, 5) is 0. The van der Waals surface area contributed by atoms with Gasteiger partial charge in [-0.15, -0.1) is 0 Å². The van der Waals surface area contributed by atoms with Gasteiger partial charge < -0.3 is 15.2 Å². The van der Waals surface area contributed by atoms with Crippen molar-refractivity contribution in [1.29, 1.82) is 0 Å². The highest BCUT2D eigenvalue weighted by molar-refractivity contribution is 5.67. The quantitative estimate of drug-likeness (QED) is 0.709. The van der Waals surface area contributed by atoms with E-state index in [4.69, 9.17) is 15.2 Å². The molecule has 3 nitrogen and oxygen atoms in total. The van der Waals surface area contributed by atoms with Crippen molar-refractivity contribution in [1.82, 2.24) is 0 Å². The molecule has 0 unspecified atom stereocenters. The summed E-state index contributed by atoms with van der Waals surface area (Å²) in [5.74, 6) is 1.37. The molecule has 0 amide bonds. The minimum absolute atomic E-state index is 0.563. The third-order valence-electron chi connectivity index (χ3n) is 2.21. The van der Waals surface area contributed by atoms with Gasteiger partial charge in [-0.25, -0.2) is 0 Å². The largest absolute Gasteiger partial charge is 0.494 e. The van der Waals surface area contributed by atoms with E-state index in [1.165, 1.54) is 0 Å². The Kier molecular flexibility index (Phi) is 2.66. The van der Waals surface area contributed by atoms with Crippen LogP contribution < -0.4 is 15.2 Å². The van der Waals surface area contributed by atoms with E-state index in [0.29, 0.717) is 17.2 Å². The molecule has 0 aliphatic rings. The first kappa shape index (κ1) is 9.71. The number of anilines is 1. The SMILES string of the molecule is COc1cc(C)c(C)c(OC)c1N. The van der Waals surface area contributed by atoms with Crippen molar-refractivity contribution in [2.24, 2.45) is 0 Å². The van der Waals surface area contributed by atoms with Gasteiger partial charge in [0.25, 0.3) is 0 Å². The van der Waals surface area contributed by atoms with Crippen molar-refractivity contribution in [3.05, 3.63) is 17.2 Å². The summed E-state index contributed by atoms with van der Waals surface area (Å²) in [6, 6.07) is 1.91. The van der Waals surface area contributed by atoms with E-state index in [-0.39, 0.29) is 0 Å². The molecule has 0 saturated carbocycles. The number of nitrogen functional groups attached to an aromatic ring is 1. The van der Waals surface area contributed by atoms with Crippen molar-refractivity contribution in [3.63, 3.8) is 0 Å². The third kappa shape index (κ3) is 1.54. The fourth-order valence-corrected chi connectivity index (χ4v) is 1.31. The summed E-state index contributed by atoms with van der Waals surface area (Å²) in [6.45, 7) is 3.98. The lowest BCUT2D eigenvalue weighted by atomic mass is 10.1. The van der Waals surface area contributed by atoms with Gasteiger partial charge in [-0.1, -0.05) is 0 Å². The molecular weight excluding hydrogens is 166 g/mol. The molecule has 0 saturated heterocycles. The Hall–Kier alpha value is -1.38. The predicted molar refractivity (Wildman–Crippen MR) is 53.4 cm³/mol. The van der Waals surface area contributed by atoms with Crippen molar-refractivity contribution < 1.29 is 9.47 Å². The highest BCUT2D eigenvalue weighted by Crippen LogP contribution is 2.36. The molecule has 0 aliphatic heterocycles. The Morgan fingerprint density at radius 2 is 1.77 bits per heavy atom. The maximum absolute atomic E-state index is 5.82. The first-order chi connectivity index (χ1) is 6.11. The molecule has 0 radical (unpaired) electrons. The number of ether oxygens (including phenoxy) is 2. The monoisotopic (exact) mass is 181 g/mol. The van der Waals surface area contributed by atoms with Crippen LogP contribution in [0.1, 0.15) is 11.1 Å². The fraction of sp³-hybridized carbons (Fsp3) is 0.400. The number of aryl methyl sites for hydroxylation is 1. The zero-order chi connectivity index (χ0) is 10.0. The molecule has 0 aliphatic carbocycles. The molecule has 0 fully saturated rings. The van der Waals surface area contributed by atoms with Gasteiger partial charge in [-0.3, -0.25) is 0 Å². The summed E-state index contributed by atoms with van der Waals surface area (Å²) >= 11 is 0. The van der Waals surface area contributed by atoms with Gasteiger partial charge >= 0.3 is 0 Å². The van der Waals surface area contributed by atoms with Crippen LogP contribution in [0.5, 0.6) is 11.5 Å². The van der Waals surface area contributed by atoms with Crippen LogP contribution in [0.2, 0.25) is 0 Å². The van der Waals surface area contributed by atoms with Crippen molar-refractivity contribution in [2.45, 2.75) is 13.8 Å². The molecule has 0 heterocycles. The van der Waals surface area contributed by atoms with Gasteiger partial charge in [-0.2, -0.15) is 0 Å². The molecular formula is C10H15NO2. The van der Waals surface area contributed by atoms with E-state index in [0.717, 1.165) is 11.1 Å². The van der Waals surface area contributed by atoms with Gasteiger partial charge in [0.05, 0.1) is 14.2 Å². The molecule has 0 aromatic heterocycles. The topological polar surface area (TPSA) is 44.5 Å². The second-order valence-corrected chi connectivity index (χ2v) is 2.97. The van der Waals surface area contributed by atoms with Crippen LogP contribution in [0.25, 0.3) is 0 Å². The Balaban J connectivity index is 3.39. The molecule has 13 heavy (non-hydrogen) atoms. The van der Waals surface area contributed by atoms with Crippen molar-refractivity contribution in [3.8, 4) is 11.5 Å². The van der Waals surface area contributed by atoms with E-state index in [9.17, 15) is 0 Å². The lowest BCUT2D eigenvalue weighted by Gasteiger charge is -2.13. The number of hydrogen-bond donors (Lipinski definition) is 1. The Morgan fingerprint density at radius 3 is 2.23 bits per heavy atom. The lowest BCUT2D eigenvalue weighted by molar-refractivity contribution is 0.396. The van der Waals surface area contributed by atoms with E-state index in [1.54, 1.807) is 14.2 Å². The van der Waals surface area contributed by atoms with Gasteiger partial charge in [-0.05, 0) is 31.0 Å². The molecule has 0 bridgehead atoms. The van der Waals surface area contributed by atoms with Crippen LogP contribution in [0.3, 0.4) is 0 Å². The second-order valence-electron chi connectivity index (χ2n) is 2.97. The van der Waals surface area contributed by atoms with Crippen molar-refractivity contribution >= 4 is 5.69 Å². The van der Waals surface area contributed by atoms with E-state index < -0.39 is 0 Å². The Labute approximate surface area is 78.5 Å². The molecule has 1 rings (SSSR count). The van der Waals surface area contributed by atoms with Crippen LogP contribution in [0, 0.1) is 13.8 Å². The zero-order valence-corrected chi connectivity index (χ0v) is 8.47. The van der Waals surface area contributed by atoms with Crippen LogP contribution in [0.15, 0.2) is 6.07 Å². The summed E-state index contributed by atoms with van der Waals surface area (Å²) in [5.41, 5.74) is 8.56. The van der Waals surface area contributed by atoms with Crippen LogP contribution in [-0.2, 0) is 0 Å². The summed E-state index contributed by atoms with van der Waals surface area (Å²) in [5, 5.41) is 0. The molecule has 3 heteroatoms. The first-order valence-corrected chi connectivity index (χ1v) is 4.09. The Morgan fingerprint density at radius 1 is 1.15 bits per heavy atom. The minimum atomic E-state index is 0.563. The first-order valence-electron chi connectivity index (χ1n) is 4.09. The Bertz CT molecular complexity index is 321. The molecule has 1 aromatic rings. The second kappa shape index (κ2) is 3.56. The van der Waals surface area contributed by atoms with Gasteiger partial charge in [0.15, 0.2) is 0 Å². The van der Waals surface area contributed by atoms with Crippen LogP contribution >= 0.6 is 0 Å². The normalized spacial score (nSPS) is 9.85. The van der Waals surface area contributed by atoms with Crippen LogP contribution in [0.4, 0.5) is 5.69 Å². The number of methoxy groups -OCH3 is 2. The standard InChI is InChI=1S/C10H15NO2/c1-6-5-8(12-3)9(11)10(13-4)7(6)2/h5H,11H2,1-4H3. The fourth-order valence-electron chi connectivity index (χ4n) is 1.31.